The minimum atomic E-state index is -3.57. The lowest BCUT2D eigenvalue weighted by atomic mass is 10.1. The van der Waals surface area contributed by atoms with E-state index in [9.17, 15) is 8.42 Å². The Morgan fingerprint density at radius 3 is 2.38 bits per heavy atom. The zero-order valence-electron chi connectivity index (χ0n) is 11.7. The van der Waals surface area contributed by atoms with Crippen molar-refractivity contribution in [2.24, 2.45) is 0 Å². The summed E-state index contributed by atoms with van der Waals surface area (Å²) in [5.41, 5.74) is 0.921. The number of hydrogen-bond donors (Lipinski definition) is 1. The van der Waals surface area contributed by atoms with Crippen LogP contribution in [0, 0.1) is 3.57 Å². The van der Waals surface area contributed by atoms with Crippen LogP contribution in [0.3, 0.4) is 0 Å². The molecule has 0 aliphatic carbocycles. The van der Waals surface area contributed by atoms with Crippen LogP contribution in [0.25, 0.3) is 0 Å². The van der Waals surface area contributed by atoms with Gasteiger partial charge in [-0.15, -0.1) is 0 Å². The van der Waals surface area contributed by atoms with Crippen LogP contribution in [0.1, 0.15) is 18.5 Å². The molecule has 2 aromatic rings. The average Bonchev–Trinajstić information content (AvgIpc) is 2.47. The highest BCUT2D eigenvalue weighted by atomic mass is 127. The fourth-order valence-electron chi connectivity index (χ4n) is 1.92. The van der Waals surface area contributed by atoms with Gasteiger partial charge in [-0.2, -0.15) is 0 Å². The van der Waals surface area contributed by atoms with Crippen molar-refractivity contribution < 1.29 is 13.2 Å². The fraction of sp³-hybridized carbons (Fsp3) is 0.200. The van der Waals surface area contributed by atoms with Gasteiger partial charge < -0.3 is 4.74 Å². The summed E-state index contributed by atoms with van der Waals surface area (Å²) >= 11 is 2.05. The smallest absolute Gasteiger partial charge is 0.241 e. The molecule has 21 heavy (non-hydrogen) atoms. The second-order valence-corrected chi connectivity index (χ2v) is 7.43. The van der Waals surface area contributed by atoms with E-state index in [0.717, 1.165) is 9.13 Å². The summed E-state index contributed by atoms with van der Waals surface area (Å²) < 4.78 is 33.4. The maximum Gasteiger partial charge on any atom is 0.241 e. The summed E-state index contributed by atoms with van der Waals surface area (Å²) in [5, 5.41) is 0. The van der Waals surface area contributed by atoms with Gasteiger partial charge in [0.15, 0.2) is 0 Å². The monoisotopic (exact) mass is 417 g/mol. The maximum atomic E-state index is 12.4. The molecular formula is C15H16INO3S. The number of hydrogen-bond acceptors (Lipinski definition) is 3. The summed E-state index contributed by atoms with van der Waals surface area (Å²) in [4.78, 5) is 0.232. The van der Waals surface area contributed by atoms with Crippen molar-refractivity contribution in [1.29, 1.82) is 0 Å². The molecule has 0 saturated carbocycles. The van der Waals surface area contributed by atoms with Crippen molar-refractivity contribution in [2.75, 3.05) is 7.11 Å². The van der Waals surface area contributed by atoms with Crippen molar-refractivity contribution in [2.45, 2.75) is 17.9 Å². The Morgan fingerprint density at radius 2 is 1.81 bits per heavy atom. The number of halogens is 1. The van der Waals surface area contributed by atoms with E-state index in [0.29, 0.717) is 5.75 Å². The lowest BCUT2D eigenvalue weighted by Gasteiger charge is -2.15. The molecule has 6 heteroatoms. The van der Waals surface area contributed by atoms with Crippen LogP contribution in [0.2, 0.25) is 0 Å². The van der Waals surface area contributed by atoms with Crippen molar-refractivity contribution in [3.8, 4) is 5.75 Å². The highest BCUT2D eigenvalue weighted by Gasteiger charge is 2.19. The van der Waals surface area contributed by atoms with Crippen molar-refractivity contribution in [3.63, 3.8) is 0 Å². The Hall–Kier alpha value is -1.12. The molecule has 1 unspecified atom stereocenters. The molecule has 4 nitrogen and oxygen atoms in total. The van der Waals surface area contributed by atoms with Crippen LogP contribution in [0.5, 0.6) is 5.75 Å². The summed E-state index contributed by atoms with van der Waals surface area (Å²) in [6, 6.07) is 14.0. The van der Waals surface area contributed by atoms with E-state index in [1.165, 1.54) is 0 Å². The number of benzene rings is 2. The van der Waals surface area contributed by atoms with E-state index in [2.05, 4.69) is 27.3 Å². The molecule has 0 bridgehead atoms. The molecule has 0 amide bonds. The first-order valence-electron chi connectivity index (χ1n) is 6.35. The van der Waals surface area contributed by atoms with E-state index >= 15 is 0 Å². The van der Waals surface area contributed by atoms with Gasteiger partial charge in [-0.3, -0.25) is 0 Å². The van der Waals surface area contributed by atoms with Crippen LogP contribution < -0.4 is 9.46 Å². The Kier molecular flexibility index (Phi) is 5.23. The first-order valence-corrected chi connectivity index (χ1v) is 8.91. The lowest BCUT2D eigenvalue weighted by molar-refractivity contribution is 0.411. The highest BCUT2D eigenvalue weighted by Crippen LogP contribution is 2.25. The minimum Gasteiger partial charge on any atom is -0.496 e. The lowest BCUT2D eigenvalue weighted by Crippen LogP contribution is -2.26. The minimum absolute atomic E-state index is 0.232. The SMILES string of the molecule is COc1ccc(S(=O)(=O)NC(C)c2ccccc2)cc1I. The Bertz CT molecular complexity index is 717. The zero-order chi connectivity index (χ0) is 15.5. The number of methoxy groups -OCH3 is 1. The van der Waals surface area contributed by atoms with Gasteiger partial charge in [0.1, 0.15) is 5.75 Å². The molecule has 0 spiro atoms. The van der Waals surface area contributed by atoms with Crippen molar-refractivity contribution >= 4 is 32.6 Å². The maximum absolute atomic E-state index is 12.4. The zero-order valence-corrected chi connectivity index (χ0v) is 14.7. The third-order valence-corrected chi connectivity index (χ3v) is 5.45. The molecule has 0 aliphatic heterocycles. The number of ether oxygens (including phenoxy) is 1. The molecule has 2 aromatic carbocycles. The third-order valence-electron chi connectivity index (χ3n) is 3.07. The van der Waals surface area contributed by atoms with E-state index in [-0.39, 0.29) is 10.9 Å². The fourth-order valence-corrected chi connectivity index (χ4v) is 4.13. The van der Waals surface area contributed by atoms with Crippen LogP contribution in [-0.4, -0.2) is 15.5 Å². The van der Waals surface area contributed by atoms with E-state index in [4.69, 9.17) is 4.74 Å². The highest BCUT2D eigenvalue weighted by molar-refractivity contribution is 14.1. The molecule has 0 heterocycles. The molecule has 0 saturated heterocycles. The number of rotatable bonds is 5. The Balaban J connectivity index is 2.24. The summed E-state index contributed by atoms with van der Waals surface area (Å²) in [5.74, 6) is 0.658. The Morgan fingerprint density at radius 1 is 1.14 bits per heavy atom. The molecule has 0 aliphatic rings. The standard InChI is InChI=1S/C15H16INO3S/c1-11(12-6-4-3-5-7-12)17-21(18,19)13-8-9-15(20-2)14(16)10-13/h3-11,17H,1-2H3. The largest absolute Gasteiger partial charge is 0.496 e. The molecule has 0 fully saturated rings. The first kappa shape index (κ1) is 16.3. The predicted octanol–water partition coefficient (Wildman–Crippen LogP) is 3.34. The van der Waals surface area contributed by atoms with E-state index in [1.807, 2.05) is 37.3 Å². The molecule has 0 aromatic heterocycles. The second kappa shape index (κ2) is 6.76. The van der Waals surface area contributed by atoms with Crippen LogP contribution in [0.15, 0.2) is 53.4 Å². The van der Waals surface area contributed by atoms with Gasteiger partial charge >= 0.3 is 0 Å². The van der Waals surface area contributed by atoms with E-state index < -0.39 is 10.0 Å². The molecule has 112 valence electrons. The normalized spacial score (nSPS) is 12.9. The molecule has 0 radical (unpaired) electrons. The average molecular weight is 417 g/mol. The predicted molar refractivity (Wildman–Crippen MR) is 90.9 cm³/mol. The van der Waals surface area contributed by atoms with Gasteiger partial charge in [0.05, 0.1) is 15.6 Å². The van der Waals surface area contributed by atoms with Gasteiger partial charge in [-0.1, -0.05) is 30.3 Å². The topological polar surface area (TPSA) is 55.4 Å². The number of nitrogens with one attached hydrogen (secondary N) is 1. The van der Waals surface area contributed by atoms with Crippen molar-refractivity contribution in [1.82, 2.24) is 4.72 Å². The van der Waals surface area contributed by atoms with Crippen LogP contribution in [-0.2, 0) is 10.0 Å². The summed E-state index contributed by atoms with van der Waals surface area (Å²) in [7, 11) is -2.01. The van der Waals surface area contributed by atoms with Gasteiger partial charge in [0, 0.05) is 6.04 Å². The van der Waals surface area contributed by atoms with Crippen LogP contribution in [0.4, 0.5) is 0 Å². The summed E-state index contributed by atoms with van der Waals surface area (Å²) in [6.07, 6.45) is 0. The summed E-state index contributed by atoms with van der Waals surface area (Å²) in [6.45, 7) is 1.82. The number of sulfonamides is 1. The quantitative estimate of drug-likeness (QED) is 0.760. The second-order valence-electron chi connectivity index (χ2n) is 4.55. The van der Waals surface area contributed by atoms with E-state index in [1.54, 1.807) is 25.3 Å². The van der Waals surface area contributed by atoms with Crippen molar-refractivity contribution in [3.05, 3.63) is 57.7 Å². The Labute approximate surface area is 138 Å². The first-order chi connectivity index (χ1) is 9.94. The van der Waals surface area contributed by atoms with Gasteiger partial charge in [0.25, 0.3) is 0 Å². The van der Waals surface area contributed by atoms with Gasteiger partial charge in [0.2, 0.25) is 10.0 Å². The van der Waals surface area contributed by atoms with Gasteiger partial charge in [-0.05, 0) is 53.3 Å². The van der Waals surface area contributed by atoms with Crippen LogP contribution >= 0.6 is 22.6 Å². The molecule has 2 rings (SSSR count). The molecule has 1 atom stereocenters. The molecular weight excluding hydrogens is 401 g/mol. The molecule has 1 N–H and O–H groups in total. The van der Waals surface area contributed by atoms with Gasteiger partial charge in [-0.25, -0.2) is 13.1 Å². The third kappa shape index (κ3) is 3.96.